The number of alkyl halides is 3. The van der Waals surface area contributed by atoms with Crippen LogP contribution in [0.25, 0.3) is 0 Å². The summed E-state index contributed by atoms with van der Waals surface area (Å²) in [6.07, 6.45) is -1.64. The summed E-state index contributed by atoms with van der Waals surface area (Å²) in [4.78, 5) is 27.8. The summed E-state index contributed by atoms with van der Waals surface area (Å²) in [7, 11) is -3.92. The number of nitrogens with zero attached hydrogens (tertiary/aromatic N) is 2. The summed E-state index contributed by atoms with van der Waals surface area (Å²) < 4.78 is 65.2. The summed E-state index contributed by atoms with van der Waals surface area (Å²) in [5, 5.41) is 2.88. The van der Waals surface area contributed by atoms with Crippen LogP contribution in [0, 0.1) is 0 Å². The fourth-order valence-electron chi connectivity index (χ4n) is 4.05. The van der Waals surface area contributed by atoms with Crippen LogP contribution in [-0.4, -0.2) is 50.5 Å². The first-order chi connectivity index (χ1) is 17.9. The van der Waals surface area contributed by atoms with Crippen molar-refractivity contribution >= 4 is 27.5 Å². The van der Waals surface area contributed by atoms with E-state index in [1.54, 1.807) is 0 Å². The minimum Gasteiger partial charge on any atom is -0.354 e. The fourth-order valence-corrected chi connectivity index (χ4v) is 5.00. The minimum atomic E-state index is -4.63. The lowest BCUT2D eigenvalue weighted by molar-refractivity contribution is -0.141. The Morgan fingerprint density at radius 2 is 1.68 bits per heavy atom. The quantitative estimate of drug-likeness (QED) is 0.334. The first kappa shape index (κ1) is 31.1. The Morgan fingerprint density at radius 3 is 2.26 bits per heavy atom. The van der Waals surface area contributed by atoms with Crippen molar-refractivity contribution in [1.82, 2.24) is 10.2 Å². The summed E-state index contributed by atoms with van der Waals surface area (Å²) in [5.74, 6) is -0.601. The van der Waals surface area contributed by atoms with Crippen LogP contribution < -0.4 is 9.62 Å². The van der Waals surface area contributed by atoms with Crippen LogP contribution in [0.4, 0.5) is 18.9 Å². The molecule has 0 fully saturated rings. The molecule has 2 amide bonds. The molecule has 0 aliphatic rings. The predicted octanol–water partition coefficient (Wildman–Crippen LogP) is 4.98. The molecule has 210 valence electrons. The molecular formula is C27H36F3N3O4S. The third kappa shape index (κ3) is 9.34. The number of nitrogens with one attached hydrogen (secondary N) is 1. The predicted molar refractivity (Wildman–Crippen MR) is 142 cm³/mol. The average molecular weight is 556 g/mol. The maximum absolute atomic E-state index is 13.4. The number of carbonyl (C=O) groups is 2. The van der Waals surface area contributed by atoms with Crippen LogP contribution >= 0.6 is 0 Å². The average Bonchev–Trinajstić information content (AvgIpc) is 2.86. The topological polar surface area (TPSA) is 86.8 Å². The smallest absolute Gasteiger partial charge is 0.354 e. The second-order valence-electron chi connectivity index (χ2n) is 9.06. The molecule has 1 atom stereocenters. The molecule has 0 saturated carbocycles. The van der Waals surface area contributed by atoms with Gasteiger partial charge in [-0.2, -0.15) is 13.2 Å². The van der Waals surface area contributed by atoms with Gasteiger partial charge in [0.25, 0.3) is 0 Å². The largest absolute Gasteiger partial charge is 0.416 e. The standard InChI is InChI=1S/C27H36F3N3O4S/c1-4-6-17-31-26(35)24(5-2)32(20-21-12-8-7-9-13-21)25(34)16-11-18-33(38(3,36)37)23-15-10-14-22(19-23)27(28,29)30/h7-10,12-15,19,24H,4-6,11,16-18,20H2,1-3H3,(H,31,35)/t24-/m0/s1. The molecule has 0 spiro atoms. The summed E-state index contributed by atoms with van der Waals surface area (Å²) in [5.41, 5.74) is -0.256. The lowest BCUT2D eigenvalue weighted by atomic mass is 10.1. The Hall–Kier alpha value is -3.08. The van der Waals surface area contributed by atoms with Gasteiger partial charge in [0.15, 0.2) is 0 Å². The number of rotatable bonds is 14. The van der Waals surface area contributed by atoms with Gasteiger partial charge >= 0.3 is 6.18 Å². The van der Waals surface area contributed by atoms with Gasteiger partial charge in [-0.3, -0.25) is 13.9 Å². The van der Waals surface area contributed by atoms with E-state index in [0.29, 0.717) is 13.0 Å². The highest BCUT2D eigenvalue weighted by Crippen LogP contribution is 2.32. The molecular weight excluding hydrogens is 519 g/mol. The summed E-state index contributed by atoms with van der Waals surface area (Å²) >= 11 is 0. The number of carbonyl (C=O) groups excluding carboxylic acids is 2. The van der Waals surface area contributed by atoms with Crippen molar-refractivity contribution in [2.24, 2.45) is 0 Å². The zero-order valence-corrected chi connectivity index (χ0v) is 22.8. The van der Waals surface area contributed by atoms with Crippen molar-refractivity contribution in [3.05, 3.63) is 65.7 Å². The van der Waals surface area contributed by atoms with Gasteiger partial charge in [-0.1, -0.05) is 56.7 Å². The Kier molecular flexibility index (Phi) is 11.6. The molecule has 1 N–H and O–H groups in total. The highest BCUT2D eigenvalue weighted by molar-refractivity contribution is 7.92. The van der Waals surface area contributed by atoms with Crippen molar-refractivity contribution in [3.63, 3.8) is 0 Å². The first-order valence-electron chi connectivity index (χ1n) is 12.6. The van der Waals surface area contributed by atoms with Gasteiger partial charge in [-0.05, 0) is 43.0 Å². The molecule has 0 heterocycles. The van der Waals surface area contributed by atoms with Gasteiger partial charge in [-0.15, -0.1) is 0 Å². The Balaban J connectivity index is 2.21. The van der Waals surface area contributed by atoms with E-state index < -0.39 is 27.8 Å². The van der Waals surface area contributed by atoms with Crippen LogP contribution in [0.3, 0.4) is 0 Å². The zero-order chi connectivity index (χ0) is 28.3. The molecule has 2 aromatic rings. The molecule has 38 heavy (non-hydrogen) atoms. The van der Waals surface area contributed by atoms with Gasteiger partial charge in [0, 0.05) is 26.1 Å². The maximum Gasteiger partial charge on any atom is 0.416 e. The molecule has 0 radical (unpaired) electrons. The van der Waals surface area contributed by atoms with Crippen molar-refractivity contribution < 1.29 is 31.2 Å². The number of amides is 2. The first-order valence-corrected chi connectivity index (χ1v) is 14.5. The molecule has 0 saturated heterocycles. The summed E-state index contributed by atoms with van der Waals surface area (Å²) in [6, 6.07) is 12.6. The second-order valence-corrected chi connectivity index (χ2v) is 11.0. The van der Waals surface area contributed by atoms with Crippen molar-refractivity contribution in [3.8, 4) is 0 Å². The third-order valence-electron chi connectivity index (χ3n) is 6.02. The van der Waals surface area contributed by atoms with Gasteiger partial charge in [0.05, 0.1) is 17.5 Å². The van der Waals surface area contributed by atoms with Gasteiger partial charge in [0.2, 0.25) is 21.8 Å². The highest BCUT2D eigenvalue weighted by Gasteiger charge is 2.32. The number of hydrogen-bond acceptors (Lipinski definition) is 4. The Bertz CT molecular complexity index is 1160. The second kappa shape index (κ2) is 14.2. The van der Waals surface area contributed by atoms with Gasteiger partial charge in [-0.25, -0.2) is 8.42 Å². The van der Waals surface area contributed by atoms with Crippen LogP contribution in [0.1, 0.15) is 57.1 Å². The Labute approximate surface area is 223 Å². The number of unbranched alkanes of at least 4 members (excludes halogenated alkanes) is 1. The van der Waals surface area contributed by atoms with Crippen molar-refractivity contribution in [2.45, 2.75) is 64.7 Å². The molecule has 0 bridgehead atoms. The van der Waals surface area contributed by atoms with Crippen molar-refractivity contribution in [2.75, 3.05) is 23.7 Å². The van der Waals surface area contributed by atoms with Gasteiger partial charge < -0.3 is 10.2 Å². The molecule has 7 nitrogen and oxygen atoms in total. The van der Waals surface area contributed by atoms with Crippen LogP contribution in [0.15, 0.2) is 54.6 Å². The molecule has 11 heteroatoms. The number of halogens is 3. The van der Waals surface area contributed by atoms with E-state index in [4.69, 9.17) is 0 Å². The van der Waals surface area contributed by atoms with E-state index >= 15 is 0 Å². The number of hydrogen-bond donors (Lipinski definition) is 1. The van der Waals surface area contributed by atoms with Crippen molar-refractivity contribution in [1.29, 1.82) is 0 Å². The monoisotopic (exact) mass is 555 g/mol. The zero-order valence-electron chi connectivity index (χ0n) is 22.0. The minimum absolute atomic E-state index is 0.0569. The van der Waals surface area contributed by atoms with Gasteiger partial charge in [0.1, 0.15) is 6.04 Å². The maximum atomic E-state index is 13.4. The molecule has 0 aliphatic heterocycles. The van der Waals surface area contributed by atoms with E-state index in [1.807, 2.05) is 44.2 Å². The van der Waals surface area contributed by atoms with E-state index in [0.717, 1.165) is 47.2 Å². The molecule has 0 aliphatic carbocycles. The Morgan fingerprint density at radius 1 is 1.00 bits per heavy atom. The lowest BCUT2D eigenvalue weighted by Crippen LogP contribution is -2.49. The van der Waals surface area contributed by atoms with E-state index in [2.05, 4.69) is 5.32 Å². The lowest BCUT2D eigenvalue weighted by Gasteiger charge is -2.31. The number of sulfonamides is 1. The molecule has 2 rings (SSSR count). The normalized spacial score (nSPS) is 12.6. The van der Waals surface area contributed by atoms with E-state index in [9.17, 15) is 31.2 Å². The SMILES string of the molecule is CCCCNC(=O)[C@H](CC)N(Cc1ccccc1)C(=O)CCCN(c1cccc(C(F)(F)F)c1)S(C)(=O)=O. The molecule has 2 aromatic carbocycles. The highest BCUT2D eigenvalue weighted by atomic mass is 32.2. The van der Waals surface area contributed by atoms with E-state index in [1.165, 1.54) is 11.0 Å². The summed E-state index contributed by atoms with van der Waals surface area (Å²) in [6.45, 7) is 4.33. The number of benzene rings is 2. The number of anilines is 1. The molecule has 0 unspecified atom stereocenters. The fraction of sp³-hybridized carbons (Fsp3) is 0.481. The van der Waals surface area contributed by atoms with Crippen LogP contribution in [-0.2, 0) is 32.3 Å². The van der Waals surface area contributed by atoms with Crippen LogP contribution in [0.5, 0.6) is 0 Å². The third-order valence-corrected chi connectivity index (χ3v) is 7.22. The van der Waals surface area contributed by atoms with Crippen LogP contribution in [0.2, 0.25) is 0 Å². The molecule has 0 aromatic heterocycles. The van der Waals surface area contributed by atoms with E-state index in [-0.39, 0.29) is 43.4 Å².